The molecule has 0 N–H and O–H groups in total. The van der Waals surface area contributed by atoms with Gasteiger partial charge in [0.25, 0.3) is 0 Å². The quantitative estimate of drug-likeness (QED) is 0.738. The van der Waals surface area contributed by atoms with Crippen LogP contribution in [-0.2, 0) is 6.42 Å². The number of nitrogens with zero attached hydrogens (tertiary/aromatic N) is 1. The molecule has 0 radical (unpaired) electrons. The molecule has 2 rings (SSSR count). The Kier molecular flexibility index (Phi) is 5.37. The SMILES string of the molecule is CCN(CC)C(Cc1ccc(C)cc1)c1ccccc1. The molecule has 1 heteroatoms. The molecule has 1 atom stereocenters. The smallest absolute Gasteiger partial charge is 0.0388 e. The van der Waals surface area contributed by atoms with E-state index >= 15 is 0 Å². The van der Waals surface area contributed by atoms with Crippen molar-refractivity contribution in [3.63, 3.8) is 0 Å². The molecule has 106 valence electrons. The predicted octanol–water partition coefficient (Wildman–Crippen LogP) is 4.62. The largest absolute Gasteiger partial charge is 0.297 e. The van der Waals surface area contributed by atoms with Crippen molar-refractivity contribution in [1.29, 1.82) is 0 Å². The molecule has 0 aliphatic heterocycles. The van der Waals surface area contributed by atoms with Gasteiger partial charge in [-0.2, -0.15) is 0 Å². The van der Waals surface area contributed by atoms with E-state index in [4.69, 9.17) is 0 Å². The highest BCUT2D eigenvalue weighted by Crippen LogP contribution is 2.25. The normalized spacial score (nSPS) is 12.6. The highest BCUT2D eigenvalue weighted by Gasteiger charge is 2.18. The molecule has 1 nitrogen and oxygen atoms in total. The van der Waals surface area contributed by atoms with Gasteiger partial charge in [-0.05, 0) is 37.6 Å². The maximum absolute atomic E-state index is 2.54. The van der Waals surface area contributed by atoms with Crippen LogP contribution in [-0.4, -0.2) is 18.0 Å². The molecule has 0 heterocycles. The Morgan fingerprint density at radius 1 is 0.850 bits per heavy atom. The van der Waals surface area contributed by atoms with Gasteiger partial charge in [0.2, 0.25) is 0 Å². The Morgan fingerprint density at radius 3 is 2.00 bits per heavy atom. The second-order valence-electron chi connectivity index (χ2n) is 5.34. The van der Waals surface area contributed by atoms with Gasteiger partial charge in [-0.15, -0.1) is 0 Å². The summed E-state index contributed by atoms with van der Waals surface area (Å²) in [4.78, 5) is 2.54. The van der Waals surface area contributed by atoms with E-state index in [2.05, 4.69) is 80.3 Å². The first-order chi connectivity index (χ1) is 9.74. The van der Waals surface area contributed by atoms with Crippen LogP contribution in [0.2, 0.25) is 0 Å². The minimum absolute atomic E-state index is 0.467. The fourth-order valence-corrected chi connectivity index (χ4v) is 2.74. The fourth-order valence-electron chi connectivity index (χ4n) is 2.74. The van der Waals surface area contributed by atoms with E-state index in [1.807, 2.05) is 0 Å². The van der Waals surface area contributed by atoms with Crippen LogP contribution in [0.15, 0.2) is 54.6 Å². The molecule has 0 spiro atoms. The molecule has 1 unspecified atom stereocenters. The predicted molar refractivity (Wildman–Crippen MR) is 87.0 cm³/mol. The zero-order chi connectivity index (χ0) is 14.4. The third kappa shape index (κ3) is 3.71. The second kappa shape index (κ2) is 7.25. The van der Waals surface area contributed by atoms with Gasteiger partial charge in [0.1, 0.15) is 0 Å². The Hall–Kier alpha value is -1.60. The van der Waals surface area contributed by atoms with E-state index in [0.29, 0.717) is 6.04 Å². The summed E-state index contributed by atoms with van der Waals surface area (Å²) in [5.41, 5.74) is 4.15. The number of likely N-dealkylation sites (N-methyl/N-ethyl adjacent to an activating group) is 1. The summed E-state index contributed by atoms with van der Waals surface area (Å²) in [5.74, 6) is 0. The Morgan fingerprint density at radius 2 is 1.45 bits per heavy atom. The second-order valence-corrected chi connectivity index (χ2v) is 5.34. The van der Waals surface area contributed by atoms with E-state index in [9.17, 15) is 0 Å². The first kappa shape index (κ1) is 14.8. The van der Waals surface area contributed by atoms with Crippen LogP contribution >= 0.6 is 0 Å². The summed E-state index contributed by atoms with van der Waals surface area (Å²) in [6, 6.07) is 20.3. The topological polar surface area (TPSA) is 3.24 Å². The molecule has 0 aliphatic rings. The van der Waals surface area contributed by atoms with E-state index in [1.54, 1.807) is 0 Å². The van der Waals surface area contributed by atoms with Crippen molar-refractivity contribution in [3.8, 4) is 0 Å². The maximum Gasteiger partial charge on any atom is 0.0388 e. The Balaban J connectivity index is 2.25. The van der Waals surface area contributed by atoms with Crippen molar-refractivity contribution in [2.75, 3.05) is 13.1 Å². The average Bonchev–Trinajstić information content (AvgIpc) is 2.50. The van der Waals surface area contributed by atoms with Crippen molar-refractivity contribution in [2.24, 2.45) is 0 Å². The van der Waals surface area contributed by atoms with Gasteiger partial charge in [0.15, 0.2) is 0 Å². The lowest BCUT2D eigenvalue weighted by Crippen LogP contribution is -2.30. The van der Waals surface area contributed by atoms with Crippen molar-refractivity contribution < 1.29 is 0 Å². The van der Waals surface area contributed by atoms with Crippen LogP contribution in [0, 0.1) is 6.92 Å². The van der Waals surface area contributed by atoms with Gasteiger partial charge in [-0.25, -0.2) is 0 Å². The van der Waals surface area contributed by atoms with Gasteiger partial charge in [0, 0.05) is 6.04 Å². The molecule has 0 saturated carbocycles. The molecule has 2 aromatic carbocycles. The number of benzene rings is 2. The van der Waals surface area contributed by atoms with Gasteiger partial charge in [-0.3, -0.25) is 4.90 Å². The monoisotopic (exact) mass is 267 g/mol. The highest BCUT2D eigenvalue weighted by molar-refractivity contribution is 5.26. The first-order valence-electron chi connectivity index (χ1n) is 7.59. The lowest BCUT2D eigenvalue weighted by atomic mass is 9.97. The van der Waals surface area contributed by atoms with Gasteiger partial charge < -0.3 is 0 Å². The Labute approximate surface area is 123 Å². The Bertz CT molecular complexity index is 497. The molecule has 2 aromatic rings. The third-order valence-electron chi connectivity index (χ3n) is 3.99. The molecule has 0 aliphatic carbocycles. The molecule has 0 saturated heterocycles. The number of aryl methyl sites for hydroxylation is 1. The number of hydrogen-bond donors (Lipinski definition) is 0. The summed E-state index contributed by atoms with van der Waals surface area (Å²) in [7, 11) is 0. The lowest BCUT2D eigenvalue weighted by Gasteiger charge is -2.30. The van der Waals surface area contributed by atoms with Crippen molar-refractivity contribution in [2.45, 2.75) is 33.2 Å². The summed E-state index contributed by atoms with van der Waals surface area (Å²) in [6.45, 7) is 8.80. The highest BCUT2D eigenvalue weighted by atomic mass is 15.1. The minimum atomic E-state index is 0.467. The van der Waals surface area contributed by atoms with Crippen LogP contribution < -0.4 is 0 Å². The molecule has 0 fully saturated rings. The standard InChI is InChI=1S/C19H25N/c1-4-20(5-2)19(18-9-7-6-8-10-18)15-17-13-11-16(3)12-14-17/h6-14,19H,4-5,15H2,1-3H3. The molecule has 0 amide bonds. The summed E-state index contributed by atoms with van der Waals surface area (Å²) >= 11 is 0. The average molecular weight is 267 g/mol. The zero-order valence-corrected chi connectivity index (χ0v) is 12.8. The number of hydrogen-bond acceptors (Lipinski definition) is 1. The molecule has 0 aromatic heterocycles. The lowest BCUT2D eigenvalue weighted by molar-refractivity contribution is 0.217. The summed E-state index contributed by atoms with van der Waals surface area (Å²) in [6.07, 6.45) is 1.08. The zero-order valence-electron chi connectivity index (χ0n) is 12.8. The molecular formula is C19H25N. The number of rotatable bonds is 6. The van der Waals surface area contributed by atoms with E-state index in [1.165, 1.54) is 16.7 Å². The van der Waals surface area contributed by atoms with E-state index in [0.717, 1.165) is 19.5 Å². The van der Waals surface area contributed by atoms with E-state index in [-0.39, 0.29) is 0 Å². The van der Waals surface area contributed by atoms with Crippen LogP contribution in [0.4, 0.5) is 0 Å². The van der Waals surface area contributed by atoms with Gasteiger partial charge >= 0.3 is 0 Å². The first-order valence-corrected chi connectivity index (χ1v) is 7.59. The van der Waals surface area contributed by atoms with Crippen LogP contribution in [0.1, 0.15) is 36.6 Å². The van der Waals surface area contributed by atoms with Gasteiger partial charge in [-0.1, -0.05) is 74.0 Å². The maximum atomic E-state index is 2.54. The fraction of sp³-hybridized carbons (Fsp3) is 0.368. The van der Waals surface area contributed by atoms with Crippen LogP contribution in [0.3, 0.4) is 0 Å². The van der Waals surface area contributed by atoms with Crippen LogP contribution in [0.5, 0.6) is 0 Å². The van der Waals surface area contributed by atoms with Crippen molar-refractivity contribution in [1.82, 2.24) is 4.90 Å². The van der Waals surface area contributed by atoms with Gasteiger partial charge in [0.05, 0.1) is 0 Å². The third-order valence-corrected chi connectivity index (χ3v) is 3.99. The minimum Gasteiger partial charge on any atom is -0.297 e. The van der Waals surface area contributed by atoms with E-state index < -0.39 is 0 Å². The van der Waals surface area contributed by atoms with Crippen molar-refractivity contribution >= 4 is 0 Å². The summed E-state index contributed by atoms with van der Waals surface area (Å²) in [5, 5.41) is 0. The molecule has 0 bridgehead atoms. The van der Waals surface area contributed by atoms with Crippen LogP contribution in [0.25, 0.3) is 0 Å². The molecule has 20 heavy (non-hydrogen) atoms. The van der Waals surface area contributed by atoms with Crippen molar-refractivity contribution in [3.05, 3.63) is 71.3 Å². The molecular weight excluding hydrogens is 242 g/mol. The summed E-state index contributed by atoms with van der Waals surface area (Å²) < 4.78 is 0.